The van der Waals surface area contributed by atoms with E-state index in [4.69, 9.17) is 5.73 Å². The zero-order valence-electron chi connectivity index (χ0n) is 10.3. The molecule has 0 heterocycles. The number of hydrogen-bond donors (Lipinski definition) is 1. The van der Waals surface area contributed by atoms with Crippen LogP contribution in [0.15, 0.2) is 18.2 Å². The van der Waals surface area contributed by atoms with Crippen molar-refractivity contribution in [2.75, 3.05) is 0 Å². The van der Waals surface area contributed by atoms with Crippen LogP contribution >= 0.6 is 0 Å². The third kappa shape index (κ3) is 4.14. The van der Waals surface area contributed by atoms with E-state index in [-0.39, 0.29) is 18.1 Å². The van der Waals surface area contributed by atoms with Crippen molar-refractivity contribution in [3.8, 4) is 0 Å². The lowest BCUT2D eigenvalue weighted by Crippen LogP contribution is -2.16. The number of carbonyl (C=O) groups is 1. The van der Waals surface area contributed by atoms with Crippen LogP contribution in [0.25, 0.3) is 0 Å². The van der Waals surface area contributed by atoms with Gasteiger partial charge in [0.25, 0.3) is 0 Å². The van der Waals surface area contributed by atoms with Crippen molar-refractivity contribution < 1.29 is 31.1 Å². The van der Waals surface area contributed by atoms with Gasteiger partial charge in [0.15, 0.2) is 0 Å². The molecule has 8 heteroatoms. The first kappa shape index (κ1) is 16.3. The van der Waals surface area contributed by atoms with E-state index in [1.165, 1.54) is 6.92 Å². The van der Waals surface area contributed by atoms with E-state index in [2.05, 4.69) is 0 Å². The molecular weight excluding hydrogens is 288 g/mol. The standard InChI is InChI=1S/C12H11F6NO/c1-6(2-10(19)20)7-3-8(11(13,14)15)5-9(4-7)12(16,17)18/h3-6H,2H2,1H3,(H2,19,20). The van der Waals surface area contributed by atoms with Crippen LogP contribution in [0.4, 0.5) is 26.3 Å². The molecule has 2 N–H and O–H groups in total. The second-order valence-corrected chi connectivity index (χ2v) is 4.41. The summed E-state index contributed by atoms with van der Waals surface area (Å²) >= 11 is 0. The number of benzene rings is 1. The molecule has 0 aromatic heterocycles. The smallest absolute Gasteiger partial charge is 0.370 e. The van der Waals surface area contributed by atoms with Gasteiger partial charge in [0.1, 0.15) is 0 Å². The molecule has 0 aliphatic carbocycles. The summed E-state index contributed by atoms with van der Waals surface area (Å²) < 4.78 is 75.6. The minimum Gasteiger partial charge on any atom is -0.370 e. The predicted molar refractivity (Wildman–Crippen MR) is 58.7 cm³/mol. The summed E-state index contributed by atoms with van der Waals surface area (Å²) in [6, 6.07) is 1.24. The Kier molecular flexibility index (Phi) is 4.36. The van der Waals surface area contributed by atoms with Crippen molar-refractivity contribution in [2.45, 2.75) is 31.6 Å². The molecule has 0 saturated carbocycles. The monoisotopic (exact) mass is 299 g/mol. The Bertz CT molecular complexity index is 473. The summed E-state index contributed by atoms with van der Waals surface area (Å²) in [6.45, 7) is 1.33. The second kappa shape index (κ2) is 5.34. The highest BCUT2D eigenvalue weighted by Gasteiger charge is 2.37. The number of carbonyl (C=O) groups excluding carboxylic acids is 1. The zero-order chi connectivity index (χ0) is 15.7. The summed E-state index contributed by atoms with van der Waals surface area (Å²) in [4.78, 5) is 10.7. The van der Waals surface area contributed by atoms with Crippen LogP contribution in [0.5, 0.6) is 0 Å². The molecule has 0 spiro atoms. The molecule has 1 aromatic carbocycles. The molecule has 1 amide bonds. The van der Waals surface area contributed by atoms with Crippen molar-refractivity contribution in [3.63, 3.8) is 0 Å². The van der Waals surface area contributed by atoms with Gasteiger partial charge in [0.05, 0.1) is 11.1 Å². The van der Waals surface area contributed by atoms with Crippen molar-refractivity contribution >= 4 is 5.91 Å². The summed E-state index contributed by atoms with van der Waals surface area (Å²) in [6.07, 6.45) is -10.1. The lowest BCUT2D eigenvalue weighted by Gasteiger charge is -2.17. The molecule has 1 atom stereocenters. The van der Waals surface area contributed by atoms with Gasteiger partial charge in [0.2, 0.25) is 5.91 Å². The van der Waals surface area contributed by atoms with E-state index >= 15 is 0 Å². The molecule has 0 bridgehead atoms. The summed E-state index contributed by atoms with van der Waals surface area (Å²) in [7, 11) is 0. The first-order valence-electron chi connectivity index (χ1n) is 5.49. The number of rotatable bonds is 3. The van der Waals surface area contributed by atoms with Crippen molar-refractivity contribution in [3.05, 3.63) is 34.9 Å². The zero-order valence-corrected chi connectivity index (χ0v) is 10.3. The molecule has 0 saturated heterocycles. The van der Waals surface area contributed by atoms with E-state index in [1.54, 1.807) is 0 Å². The summed E-state index contributed by atoms with van der Waals surface area (Å²) in [5.41, 5.74) is 1.86. The minimum atomic E-state index is -4.90. The third-order valence-corrected chi connectivity index (χ3v) is 2.69. The third-order valence-electron chi connectivity index (χ3n) is 2.69. The fourth-order valence-electron chi connectivity index (χ4n) is 1.68. The Balaban J connectivity index is 3.34. The number of nitrogens with two attached hydrogens (primary N) is 1. The molecule has 1 rings (SSSR count). The van der Waals surface area contributed by atoms with Crippen LogP contribution in [-0.2, 0) is 17.1 Å². The largest absolute Gasteiger partial charge is 0.416 e. The number of hydrogen-bond acceptors (Lipinski definition) is 1. The maximum absolute atomic E-state index is 12.6. The Morgan fingerprint density at radius 2 is 1.45 bits per heavy atom. The van der Waals surface area contributed by atoms with Gasteiger partial charge in [0, 0.05) is 6.42 Å². The van der Waals surface area contributed by atoms with Crippen LogP contribution in [-0.4, -0.2) is 5.91 Å². The maximum atomic E-state index is 12.6. The highest BCUT2D eigenvalue weighted by atomic mass is 19.4. The van der Waals surface area contributed by atoms with Gasteiger partial charge < -0.3 is 5.73 Å². The van der Waals surface area contributed by atoms with Gasteiger partial charge in [-0.1, -0.05) is 6.92 Å². The van der Waals surface area contributed by atoms with Crippen LogP contribution in [0.3, 0.4) is 0 Å². The van der Waals surface area contributed by atoms with E-state index in [9.17, 15) is 31.1 Å². The van der Waals surface area contributed by atoms with E-state index in [0.29, 0.717) is 12.1 Å². The van der Waals surface area contributed by atoms with Crippen LogP contribution in [0, 0.1) is 0 Å². The highest BCUT2D eigenvalue weighted by molar-refractivity contribution is 5.74. The van der Waals surface area contributed by atoms with E-state index in [0.717, 1.165) is 0 Å². The van der Waals surface area contributed by atoms with Crippen LogP contribution in [0.1, 0.15) is 36.0 Å². The summed E-state index contributed by atoms with van der Waals surface area (Å²) in [5, 5.41) is 0. The van der Waals surface area contributed by atoms with Crippen LogP contribution < -0.4 is 5.73 Å². The lowest BCUT2D eigenvalue weighted by atomic mass is 9.93. The van der Waals surface area contributed by atoms with Gasteiger partial charge in [-0.3, -0.25) is 4.79 Å². The Hall–Kier alpha value is -1.73. The number of alkyl halides is 6. The molecule has 0 aliphatic rings. The van der Waals surface area contributed by atoms with E-state index < -0.39 is 35.3 Å². The number of primary amides is 1. The quantitative estimate of drug-likeness (QED) is 0.850. The molecular formula is C12H11F6NO. The topological polar surface area (TPSA) is 43.1 Å². The van der Waals surface area contributed by atoms with Crippen LogP contribution in [0.2, 0.25) is 0 Å². The Morgan fingerprint density at radius 3 is 1.75 bits per heavy atom. The normalized spacial score (nSPS) is 14.2. The van der Waals surface area contributed by atoms with Crippen molar-refractivity contribution in [2.24, 2.45) is 5.73 Å². The molecule has 1 unspecified atom stereocenters. The average molecular weight is 299 g/mol. The SMILES string of the molecule is CC(CC(N)=O)c1cc(C(F)(F)F)cc(C(F)(F)F)c1. The first-order chi connectivity index (χ1) is 8.91. The fourth-order valence-corrected chi connectivity index (χ4v) is 1.68. The minimum absolute atomic E-state index is 0.0421. The van der Waals surface area contributed by atoms with Gasteiger partial charge in [-0.2, -0.15) is 26.3 Å². The Morgan fingerprint density at radius 1 is 1.05 bits per heavy atom. The Labute approximate surface area is 110 Å². The molecule has 0 fully saturated rings. The molecule has 2 nitrogen and oxygen atoms in total. The number of amides is 1. The molecule has 20 heavy (non-hydrogen) atoms. The van der Waals surface area contributed by atoms with Gasteiger partial charge >= 0.3 is 12.4 Å². The van der Waals surface area contributed by atoms with Gasteiger partial charge in [-0.05, 0) is 29.7 Å². The maximum Gasteiger partial charge on any atom is 0.416 e. The average Bonchev–Trinajstić information content (AvgIpc) is 2.25. The molecule has 0 aliphatic heterocycles. The van der Waals surface area contributed by atoms with Gasteiger partial charge in [-0.25, -0.2) is 0 Å². The van der Waals surface area contributed by atoms with Crippen molar-refractivity contribution in [1.29, 1.82) is 0 Å². The lowest BCUT2D eigenvalue weighted by molar-refractivity contribution is -0.143. The number of halogens is 6. The second-order valence-electron chi connectivity index (χ2n) is 4.41. The predicted octanol–water partition coefficient (Wildman–Crippen LogP) is 3.70. The van der Waals surface area contributed by atoms with E-state index in [1.807, 2.05) is 0 Å². The molecule has 112 valence electrons. The van der Waals surface area contributed by atoms with Crippen molar-refractivity contribution in [1.82, 2.24) is 0 Å². The van der Waals surface area contributed by atoms with Gasteiger partial charge in [-0.15, -0.1) is 0 Å². The molecule has 0 radical (unpaired) electrons. The molecule has 1 aromatic rings. The first-order valence-corrected chi connectivity index (χ1v) is 5.49. The summed E-state index contributed by atoms with van der Waals surface area (Å²) in [5.74, 6) is -1.64. The fraction of sp³-hybridized carbons (Fsp3) is 0.417. The highest BCUT2D eigenvalue weighted by Crippen LogP contribution is 2.38.